The molecule has 0 saturated carbocycles. The molecule has 5 nitrogen and oxygen atoms in total. The van der Waals surface area contributed by atoms with E-state index in [2.05, 4.69) is 28.2 Å². The number of thiophene rings is 1. The summed E-state index contributed by atoms with van der Waals surface area (Å²) in [5.41, 5.74) is 8.34. The zero-order chi connectivity index (χ0) is 18.4. The van der Waals surface area contributed by atoms with E-state index in [1.165, 1.54) is 22.2 Å². The molecule has 0 atom stereocenters. The molecule has 2 aromatic carbocycles. The van der Waals surface area contributed by atoms with Gasteiger partial charge in [0.25, 0.3) is 0 Å². The van der Waals surface area contributed by atoms with Crippen LogP contribution in [0.3, 0.4) is 0 Å². The summed E-state index contributed by atoms with van der Waals surface area (Å²) in [4.78, 5) is 25.5. The zero-order valence-electron chi connectivity index (χ0n) is 14.7. The van der Waals surface area contributed by atoms with Crippen LogP contribution in [0.2, 0.25) is 0 Å². The third kappa shape index (κ3) is 2.73. The SMILES string of the molecule is Nc1ncnc2sc3c(c12)CCN(C(=O)Cc1cccc2ccccc12)C3. The van der Waals surface area contributed by atoms with Gasteiger partial charge in [-0.25, -0.2) is 9.97 Å². The van der Waals surface area contributed by atoms with E-state index in [-0.39, 0.29) is 5.91 Å². The summed E-state index contributed by atoms with van der Waals surface area (Å²) >= 11 is 1.62. The normalized spacial score (nSPS) is 13.9. The predicted octanol–water partition coefficient (Wildman–Crippen LogP) is 3.55. The molecule has 0 aliphatic carbocycles. The monoisotopic (exact) mass is 374 g/mol. The highest BCUT2D eigenvalue weighted by molar-refractivity contribution is 7.19. The molecule has 1 aliphatic heterocycles. The third-order valence-corrected chi connectivity index (χ3v) is 6.37. The molecule has 0 fully saturated rings. The molecule has 0 unspecified atom stereocenters. The lowest BCUT2D eigenvalue weighted by atomic mass is 10.0. The fourth-order valence-electron chi connectivity index (χ4n) is 3.89. The number of nitrogen functional groups attached to an aromatic ring is 1. The van der Waals surface area contributed by atoms with E-state index in [9.17, 15) is 4.79 Å². The summed E-state index contributed by atoms with van der Waals surface area (Å²) in [6, 6.07) is 14.4. The van der Waals surface area contributed by atoms with E-state index in [1.54, 1.807) is 11.3 Å². The number of fused-ring (bicyclic) bond motifs is 4. The number of aromatic nitrogens is 2. The molecule has 0 bridgehead atoms. The van der Waals surface area contributed by atoms with Crippen LogP contribution < -0.4 is 5.73 Å². The molecule has 2 aromatic heterocycles. The van der Waals surface area contributed by atoms with E-state index < -0.39 is 0 Å². The Morgan fingerprint density at radius 3 is 2.93 bits per heavy atom. The summed E-state index contributed by atoms with van der Waals surface area (Å²) in [6.07, 6.45) is 2.72. The first kappa shape index (κ1) is 16.2. The summed E-state index contributed by atoms with van der Waals surface area (Å²) in [6.45, 7) is 1.33. The minimum absolute atomic E-state index is 0.161. The van der Waals surface area contributed by atoms with Crippen LogP contribution in [-0.4, -0.2) is 27.3 Å². The van der Waals surface area contributed by atoms with E-state index >= 15 is 0 Å². The first-order valence-electron chi connectivity index (χ1n) is 8.96. The fraction of sp³-hybridized carbons (Fsp3) is 0.190. The van der Waals surface area contributed by atoms with Gasteiger partial charge in [0.1, 0.15) is 17.0 Å². The summed E-state index contributed by atoms with van der Waals surface area (Å²) < 4.78 is 0. The van der Waals surface area contributed by atoms with Gasteiger partial charge in [-0.1, -0.05) is 42.5 Å². The van der Waals surface area contributed by atoms with Gasteiger partial charge < -0.3 is 10.6 Å². The molecule has 6 heteroatoms. The predicted molar refractivity (Wildman–Crippen MR) is 109 cm³/mol. The van der Waals surface area contributed by atoms with Crippen molar-refractivity contribution in [2.75, 3.05) is 12.3 Å². The average molecular weight is 374 g/mol. The van der Waals surface area contributed by atoms with Crippen molar-refractivity contribution in [3.8, 4) is 0 Å². The van der Waals surface area contributed by atoms with Crippen LogP contribution in [-0.2, 0) is 24.2 Å². The lowest BCUT2D eigenvalue weighted by Gasteiger charge is -2.27. The van der Waals surface area contributed by atoms with Gasteiger partial charge in [0.05, 0.1) is 18.4 Å². The van der Waals surface area contributed by atoms with Crippen LogP contribution in [0.4, 0.5) is 5.82 Å². The maximum Gasteiger partial charge on any atom is 0.227 e. The van der Waals surface area contributed by atoms with Crippen LogP contribution in [0.15, 0.2) is 48.8 Å². The quantitative estimate of drug-likeness (QED) is 0.582. The Morgan fingerprint density at radius 2 is 2.00 bits per heavy atom. The van der Waals surface area contributed by atoms with Crippen molar-refractivity contribution in [2.24, 2.45) is 0 Å². The number of nitrogens with zero attached hydrogens (tertiary/aromatic N) is 3. The second-order valence-electron chi connectivity index (χ2n) is 6.82. The smallest absolute Gasteiger partial charge is 0.227 e. The maximum atomic E-state index is 13.0. The lowest BCUT2D eigenvalue weighted by molar-refractivity contribution is -0.131. The van der Waals surface area contributed by atoms with E-state index in [0.29, 0.717) is 25.3 Å². The standard InChI is InChI=1S/C21H18N4OS/c22-20-19-16-8-9-25(11-17(16)27-21(19)24-12-23-20)18(26)10-14-6-3-5-13-4-1-2-7-15(13)14/h1-7,12H,8-11H2,(H2,22,23,24). The number of carbonyl (C=O) groups is 1. The summed E-state index contributed by atoms with van der Waals surface area (Å²) in [5.74, 6) is 0.696. The minimum Gasteiger partial charge on any atom is -0.383 e. The van der Waals surface area contributed by atoms with E-state index in [4.69, 9.17) is 5.73 Å². The van der Waals surface area contributed by atoms with Gasteiger partial charge in [-0.3, -0.25) is 4.79 Å². The van der Waals surface area contributed by atoms with Crippen molar-refractivity contribution in [3.05, 3.63) is 64.8 Å². The van der Waals surface area contributed by atoms with E-state index in [1.807, 2.05) is 29.2 Å². The highest BCUT2D eigenvalue weighted by Crippen LogP contribution is 2.36. The Labute approximate surface area is 160 Å². The number of carbonyl (C=O) groups excluding carboxylic acids is 1. The second-order valence-corrected chi connectivity index (χ2v) is 7.91. The Bertz CT molecular complexity index is 1180. The van der Waals surface area contributed by atoms with E-state index in [0.717, 1.165) is 27.6 Å². The molecule has 1 aliphatic rings. The molecule has 4 aromatic rings. The van der Waals surface area contributed by atoms with Gasteiger partial charge >= 0.3 is 0 Å². The summed E-state index contributed by atoms with van der Waals surface area (Å²) in [5, 5.41) is 3.29. The molecule has 3 heterocycles. The highest BCUT2D eigenvalue weighted by Gasteiger charge is 2.26. The van der Waals surface area contributed by atoms with Gasteiger partial charge in [-0.05, 0) is 28.3 Å². The number of benzene rings is 2. The largest absolute Gasteiger partial charge is 0.383 e. The van der Waals surface area contributed by atoms with Crippen molar-refractivity contribution in [1.82, 2.24) is 14.9 Å². The lowest BCUT2D eigenvalue weighted by Crippen LogP contribution is -2.36. The number of nitrogens with two attached hydrogens (primary N) is 1. The molecule has 27 heavy (non-hydrogen) atoms. The number of rotatable bonds is 2. The van der Waals surface area contributed by atoms with Gasteiger partial charge in [0, 0.05) is 11.4 Å². The van der Waals surface area contributed by atoms with Gasteiger partial charge in [-0.2, -0.15) is 0 Å². The van der Waals surface area contributed by atoms with Crippen LogP contribution in [0.5, 0.6) is 0 Å². The van der Waals surface area contributed by atoms with Gasteiger partial charge in [0.15, 0.2) is 0 Å². The molecular weight excluding hydrogens is 356 g/mol. The van der Waals surface area contributed by atoms with Crippen LogP contribution >= 0.6 is 11.3 Å². The maximum absolute atomic E-state index is 13.0. The molecular formula is C21H18N4OS. The van der Waals surface area contributed by atoms with Crippen LogP contribution in [0.1, 0.15) is 16.0 Å². The van der Waals surface area contributed by atoms with Crippen LogP contribution in [0, 0.1) is 0 Å². The van der Waals surface area contributed by atoms with Crippen LogP contribution in [0.25, 0.3) is 21.0 Å². The zero-order valence-corrected chi connectivity index (χ0v) is 15.5. The van der Waals surface area contributed by atoms with Gasteiger partial charge in [0.2, 0.25) is 5.91 Å². The first-order chi connectivity index (χ1) is 13.2. The second kappa shape index (κ2) is 6.32. The molecule has 5 rings (SSSR count). The Kier molecular flexibility index (Phi) is 3.79. The van der Waals surface area contributed by atoms with Gasteiger partial charge in [-0.15, -0.1) is 11.3 Å². The number of anilines is 1. The van der Waals surface area contributed by atoms with Crippen molar-refractivity contribution in [1.29, 1.82) is 0 Å². The number of amides is 1. The molecule has 2 N–H and O–H groups in total. The number of hydrogen-bond donors (Lipinski definition) is 1. The number of hydrogen-bond acceptors (Lipinski definition) is 5. The Hall–Kier alpha value is -2.99. The van der Waals surface area contributed by atoms with Crippen molar-refractivity contribution in [3.63, 3.8) is 0 Å². The fourth-order valence-corrected chi connectivity index (χ4v) is 5.10. The topological polar surface area (TPSA) is 72.1 Å². The first-order valence-corrected chi connectivity index (χ1v) is 9.77. The Balaban J connectivity index is 1.42. The van der Waals surface area contributed by atoms with Crippen molar-refractivity contribution in [2.45, 2.75) is 19.4 Å². The molecule has 1 amide bonds. The minimum atomic E-state index is 0.161. The van der Waals surface area contributed by atoms with Crippen molar-refractivity contribution < 1.29 is 4.79 Å². The van der Waals surface area contributed by atoms with Crippen molar-refractivity contribution >= 4 is 44.1 Å². The third-order valence-electron chi connectivity index (χ3n) is 5.24. The Morgan fingerprint density at radius 1 is 1.15 bits per heavy atom. The molecule has 0 saturated heterocycles. The average Bonchev–Trinajstić information content (AvgIpc) is 3.07. The highest BCUT2D eigenvalue weighted by atomic mass is 32.1. The molecule has 134 valence electrons. The summed E-state index contributed by atoms with van der Waals surface area (Å²) in [7, 11) is 0. The molecule has 0 spiro atoms. The molecule has 0 radical (unpaired) electrons.